The van der Waals surface area contributed by atoms with Gasteiger partial charge in [-0.1, -0.05) is 58.0 Å². The Kier molecular flexibility index (Phi) is 4.38. The summed E-state index contributed by atoms with van der Waals surface area (Å²) in [6, 6.07) is 14.6. The van der Waals surface area contributed by atoms with Crippen molar-refractivity contribution >= 4 is 11.6 Å². The number of aryl methyl sites for hydroxylation is 1. The second-order valence-electron chi connectivity index (χ2n) is 7.46. The van der Waals surface area contributed by atoms with Gasteiger partial charge >= 0.3 is 0 Å². The monoisotopic (exact) mass is 335 g/mol. The highest BCUT2D eigenvalue weighted by molar-refractivity contribution is 5.93. The van der Waals surface area contributed by atoms with Gasteiger partial charge in [0.15, 0.2) is 0 Å². The standard InChI is InChI=1S/C21H25N3O/c1-5-17-19(20(22)25)24-16(7-6-8-18(24)23-17)13-14-9-11-15(12-10-14)21(2,3)4/h6-12H,5,13H2,1-4H3,(H2,22,25). The van der Waals surface area contributed by atoms with Crippen molar-refractivity contribution in [3.63, 3.8) is 0 Å². The summed E-state index contributed by atoms with van der Waals surface area (Å²) >= 11 is 0. The van der Waals surface area contributed by atoms with E-state index >= 15 is 0 Å². The van der Waals surface area contributed by atoms with Crippen molar-refractivity contribution in [1.82, 2.24) is 9.38 Å². The Hall–Kier alpha value is -2.62. The van der Waals surface area contributed by atoms with Crippen molar-refractivity contribution in [3.8, 4) is 0 Å². The summed E-state index contributed by atoms with van der Waals surface area (Å²) in [4.78, 5) is 16.5. The van der Waals surface area contributed by atoms with E-state index in [1.165, 1.54) is 11.1 Å². The van der Waals surface area contributed by atoms with E-state index in [-0.39, 0.29) is 5.41 Å². The summed E-state index contributed by atoms with van der Waals surface area (Å²) in [6.07, 6.45) is 1.40. The molecule has 0 radical (unpaired) electrons. The van der Waals surface area contributed by atoms with E-state index in [1.807, 2.05) is 29.5 Å². The minimum Gasteiger partial charge on any atom is -0.364 e. The molecule has 2 aromatic heterocycles. The molecule has 130 valence electrons. The topological polar surface area (TPSA) is 60.4 Å². The molecule has 0 aliphatic carbocycles. The van der Waals surface area contributed by atoms with E-state index in [4.69, 9.17) is 5.73 Å². The van der Waals surface area contributed by atoms with Crippen LogP contribution in [0.4, 0.5) is 0 Å². The number of rotatable bonds is 4. The number of hydrogen-bond donors (Lipinski definition) is 1. The Balaban J connectivity index is 2.04. The van der Waals surface area contributed by atoms with Crippen LogP contribution in [0.1, 0.15) is 60.7 Å². The van der Waals surface area contributed by atoms with Gasteiger partial charge in [-0.2, -0.15) is 0 Å². The fraction of sp³-hybridized carbons (Fsp3) is 0.333. The van der Waals surface area contributed by atoms with Crippen LogP contribution in [0.5, 0.6) is 0 Å². The average Bonchev–Trinajstić information content (AvgIpc) is 2.94. The second-order valence-corrected chi connectivity index (χ2v) is 7.46. The molecule has 25 heavy (non-hydrogen) atoms. The van der Waals surface area contributed by atoms with Gasteiger partial charge in [-0.05, 0) is 35.1 Å². The van der Waals surface area contributed by atoms with Crippen LogP contribution in [0.25, 0.3) is 5.65 Å². The van der Waals surface area contributed by atoms with Crippen molar-refractivity contribution in [2.45, 2.75) is 46.0 Å². The second kappa shape index (κ2) is 6.36. The van der Waals surface area contributed by atoms with Gasteiger partial charge in [0, 0.05) is 12.1 Å². The summed E-state index contributed by atoms with van der Waals surface area (Å²) in [5, 5.41) is 0. The lowest BCUT2D eigenvalue weighted by Gasteiger charge is -2.19. The third-order valence-electron chi connectivity index (χ3n) is 4.57. The minimum atomic E-state index is -0.431. The van der Waals surface area contributed by atoms with E-state index < -0.39 is 5.91 Å². The number of nitrogens with zero attached hydrogens (tertiary/aromatic N) is 2. The zero-order chi connectivity index (χ0) is 18.2. The zero-order valence-electron chi connectivity index (χ0n) is 15.3. The maximum atomic E-state index is 12.0. The van der Waals surface area contributed by atoms with Crippen molar-refractivity contribution in [2.24, 2.45) is 5.73 Å². The van der Waals surface area contributed by atoms with Crippen LogP contribution in [-0.2, 0) is 18.3 Å². The molecule has 1 amide bonds. The molecular weight excluding hydrogens is 310 g/mol. The van der Waals surface area contributed by atoms with Crippen LogP contribution in [-0.4, -0.2) is 15.3 Å². The summed E-state index contributed by atoms with van der Waals surface area (Å²) in [6.45, 7) is 8.61. The number of carbonyl (C=O) groups is 1. The number of fused-ring (bicyclic) bond motifs is 1. The van der Waals surface area contributed by atoms with Crippen LogP contribution in [0.15, 0.2) is 42.5 Å². The number of hydrogen-bond acceptors (Lipinski definition) is 2. The van der Waals surface area contributed by atoms with E-state index in [1.54, 1.807) is 0 Å². The van der Waals surface area contributed by atoms with Gasteiger partial charge in [-0.3, -0.25) is 9.20 Å². The first kappa shape index (κ1) is 17.2. The number of primary amides is 1. The fourth-order valence-electron chi connectivity index (χ4n) is 3.18. The van der Waals surface area contributed by atoms with Crippen molar-refractivity contribution < 1.29 is 4.79 Å². The van der Waals surface area contributed by atoms with E-state index in [0.29, 0.717) is 12.1 Å². The first-order valence-corrected chi connectivity index (χ1v) is 8.69. The van der Waals surface area contributed by atoms with Gasteiger partial charge in [0.2, 0.25) is 0 Å². The molecule has 0 aliphatic heterocycles. The molecule has 0 saturated carbocycles. The lowest BCUT2D eigenvalue weighted by molar-refractivity contribution is 0.0993. The molecule has 0 aliphatic rings. The molecule has 3 rings (SSSR count). The first-order chi connectivity index (χ1) is 11.8. The molecular formula is C21H25N3O. The summed E-state index contributed by atoms with van der Waals surface area (Å²) in [5.41, 5.74) is 11.3. The number of carbonyl (C=O) groups excluding carboxylic acids is 1. The zero-order valence-corrected chi connectivity index (χ0v) is 15.3. The molecule has 4 heteroatoms. The van der Waals surface area contributed by atoms with Crippen LogP contribution < -0.4 is 5.73 Å². The predicted molar refractivity (Wildman–Crippen MR) is 101 cm³/mol. The molecule has 0 atom stereocenters. The number of imidazole rings is 1. The average molecular weight is 335 g/mol. The maximum Gasteiger partial charge on any atom is 0.267 e. The maximum absolute atomic E-state index is 12.0. The number of amides is 1. The van der Waals surface area contributed by atoms with Crippen LogP contribution in [0.2, 0.25) is 0 Å². The number of nitrogens with two attached hydrogens (primary N) is 1. The van der Waals surface area contributed by atoms with Gasteiger partial charge in [0.25, 0.3) is 5.91 Å². The smallest absolute Gasteiger partial charge is 0.267 e. The van der Waals surface area contributed by atoms with E-state index in [2.05, 4.69) is 50.0 Å². The highest BCUT2D eigenvalue weighted by Gasteiger charge is 2.18. The van der Waals surface area contributed by atoms with E-state index in [9.17, 15) is 4.79 Å². The van der Waals surface area contributed by atoms with Gasteiger partial charge < -0.3 is 5.73 Å². The number of aromatic nitrogens is 2. The fourth-order valence-corrected chi connectivity index (χ4v) is 3.18. The molecule has 0 bridgehead atoms. The highest BCUT2D eigenvalue weighted by Crippen LogP contribution is 2.23. The third kappa shape index (κ3) is 3.29. The molecule has 0 saturated heterocycles. The number of pyridine rings is 1. The molecule has 2 N–H and O–H groups in total. The Bertz CT molecular complexity index is 915. The minimum absolute atomic E-state index is 0.137. The molecule has 0 unspecified atom stereocenters. The van der Waals surface area contributed by atoms with Crippen LogP contribution in [0, 0.1) is 0 Å². The van der Waals surface area contributed by atoms with Gasteiger partial charge in [-0.25, -0.2) is 4.98 Å². The Morgan fingerprint density at radius 3 is 2.36 bits per heavy atom. The summed E-state index contributed by atoms with van der Waals surface area (Å²) in [7, 11) is 0. The van der Waals surface area contributed by atoms with Crippen LogP contribution in [0.3, 0.4) is 0 Å². The number of benzene rings is 1. The first-order valence-electron chi connectivity index (χ1n) is 8.69. The third-order valence-corrected chi connectivity index (χ3v) is 4.57. The molecule has 1 aromatic carbocycles. The van der Waals surface area contributed by atoms with Crippen LogP contribution >= 0.6 is 0 Å². The summed E-state index contributed by atoms with van der Waals surface area (Å²) in [5.74, 6) is -0.431. The van der Waals surface area contributed by atoms with E-state index in [0.717, 1.165) is 23.5 Å². The highest BCUT2D eigenvalue weighted by atomic mass is 16.1. The Morgan fingerprint density at radius 2 is 1.80 bits per heavy atom. The summed E-state index contributed by atoms with van der Waals surface area (Å²) < 4.78 is 1.90. The lowest BCUT2D eigenvalue weighted by atomic mass is 9.86. The largest absolute Gasteiger partial charge is 0.364 e. The van der Waals surface area contributed by atoms with Crippen molar-refractivity contribution in [2.75, 3.05) is 0 Å². The Labute approximate surface area is 148 Å². The normalized spacial score (nSPS) is 11.8. The Morgan fingerprint density at radius 1 is 1.12 bits per heavy atom. The molecule has 0 spiro atoms. The molecule has 0 fully saturated rings. The van der Waals surface area contributed by atoms with Gasteiger partial charge in [0.1, 0.15) is 11.3 Å². The molecule has 4 nitrogen and oxygen atoms in total. The molecule has 2 heterocycles. The molecule has 3 aromatic rings. The van der Waals surface area contributed by atoms with Gasteiger partial charge in [-0.15, -0.1) is 0 Å². The predicted octanol–water partition coefficient (Wildman–Crippen LogP) is 3.88. The quantitative estimate of drug-likeness (QED) is 0.786. The van der Waals surface area contributed by atoms with Crippen molar-refractivity contribution in [1.29, 1.82) is 0 Å². The SMILES string of the molecule is CCc1nc2cccc(Cc3ccc(C(C)(C)C)cc3)n2c1C(N)=O. The van der Waals surface area contributed by atoms with Gasteiger partial charge in [0.05, 0.1) is 5.69 Å². The lowest BCUT2D eigenvalue weighted by Crippen LogP contribution is -2.17. The van der Waals surface area contributed by atoms with Crippen molar-refractivity contribution in [3.05, 3.63) is 70.7 Å².